The average molecular weight is 221 g/mol. The molecule has 1 saturated heterocycles. The summed E-state index contributed by atoms with van der Waals surface area (Å²) in [5, 5.41) is 0. The molecule has 1 unspecified atom stereocenters. The lowest BCUT2D eigenvalue weighted by molar-refractivity contribution is -0.222. The van der Waals surface area contributed by atoms with Crippen molar-refractivity contribution in [2.45, 2.75) is 24.6 Å². The summed E-state index contributed by atoms with van der Waals surface area (Å²) < 4.78 is 24.6. The third kappa shape index (κ3) is 3.69. The zero-order valence-electron chi connectivity index (χ0n) is 7.66. The second-order valence-electron chi connectivity index (χ2n) is 2.99. The molecule has 0 bridgehead atoms. The molecule has 1 aliphatic rings. The first kappa shape index (κ1) is 12.2. The monoisotopic (exact) mass is 221 g/mol. The van der Waals surface area contributed by atoms with Gasteiger partial charge in [-0.05, 0) is 6.42 Å². The molecular weight excluding hydrogens is 210 g/mol. The molecule has 1 rings (SSSR count). The normalized spacial score (nSPS) is 36.9. The topological polar surface area (TPSA) is 88.1 Å². The van der Waals surface area contributed by atoms with Gasteiger partial charge in [-0.2, -0.15) is 0 Å². The Labute approximate surface area is 83.2 Å². The highest BCUT2D eigenvalue weighted by atomic mass is 31.2. The van der Waals surface area contributed by atoms with Crippen molar-refractivity contribution in [3.05, 3.63) is 0 Å². The molecule has 14 heavy (non-hydrogen) atoms. The van der Waals surface area contributed by atoms with Crippen LogP contribution in [0.25, 0.3) is 0 Å². The van der Waals surface area contributed by atoms with Gasteiger partial charge in [-0.15, -0.1) is 0 Å². The lowest BCUT2D eigenvalue weighted by Crippen LogP contribution is -2.28. The molecule has 0 spiro atoms. The van der Waals surface area contributed by atoms with Crippen LogP contribution in [-0.2, 0) is 18.6 Å². The summed E-state index contributed by atoms with van der Waals surface area (Å²) in [5.74, 6) is 0. The lowest BCUT2D eigenvalue weighted by Gasteiger charge is -2.21. The number of phosphoric ester groups is 1. The molecule has 0 aromatic rings. The van der Waals surface area contributed by atoms with Gasteiger partial charge in [0.2, 0.25) is 0 Å². The molecule has 1 heterocycles. The van der Waals surface area contributed by atoms with Gasteiger partial charge >= 0.3 is 0 Å². The highest BCUT2D eigenvalue weighted by Gasteiger charge is 2.33. The van der Waals surface area contributed by atoms with Crippen molar-refractivity contribution in [3.8, 4) is 0 Å². The molecule has 0 saturated carbocycles. The highest BCUT2D eigenvalue weighted by Crippen LogP contribution is 2.32. The summed E-state index contributed by atoms with van der Waals surface area (Å²) in [6, 6.07) is -0.488. The Morgan fingerprint density at radius 3 is 2.93 bits per heavy atom. The van der Waals surface area contributed by atoms with Crippen LogP contribution in [0, 0.1) is 0 Å². The van der Waals surface area contributed by atoms with Crippen LogP contribution in [0.15, 0.2) is 0 Å². The molecule has 2 radical (unpaired) electrons. The first-order valence-corrected chi connectivity index (χ1v) is 5.54. The van der Waals surface area contributed by atoms with Crippen molar-refractivity contribution >= 4 is 15.7 Å². The van der Waals surface area contributed by atoms with E-state index in [-0.39, 0.29) is 12.7 Å². The average Bonchev–Trinajstić information content (AvgIpc) is 2.41. The summed E-state index contributed by atoms with van der Waals surface area (Å²) in [6.45, 7) is -0.288. The second-order valence-corrected chi connectivity index (χ2v) is 4.18. The minimum atomic E-state index is -4.70. The molecule has 1 fully saturated rings. The fraction of sp³-hybridized carbons (Fsp3) is 1.00. The Morgan fingerprint density at radius 2 is 2.43 bits per heavy atom. The SMILES string of the molecule is [B][C@H]1C[C@@H](OC)[C@@H](COP(=O)([O-])O)O1. The third-order valence-electron chi connectivity index (χ3n) is 1.93. The number of rotatable bonds is 4. The van der Waals surface area contributed by atoms with Crippen LogP contribution in [-0.4, -0.2) is 44.7 Å². The maximum Gasteiger partial charge on any atom is 0.265 e. The highest BCUT2D eigenvalue weighted by molar-refractivity contribution is 7.44. The van der Waals surface area contributed by atoms with E-state index in [1.165, 1.54) is 7.11 Å². The molecule has 0 aromatic carbocycles. The minimum Gasteiger partial charge on any atom is -0.756 e. The van der Waals surface area contributed by atoms with Crippen molar-refractivity contribution in [1.29, 1.82) is 0 Å². The van der Waals surface area contributed by atoms with Crippen LogP contribution >= 0.6 is 7.82 Å². The van der Waals surface area contributed by atoms with Gasteiger partial charge in [0.25, 0.3) is 7.82 Å². The number of phosphoric acid groups is 1. The van der Waals surface area contributed by atoms with Crippen LogP contribution in [0.4, 0.5) is 0 Å². The molecule has 0 amide bonds. The molecule has 6 nitrogen and oxygen atoms in total. The van der Waals surface area contributed by atoms with Crippen molar-refractivity contribution < 1.29 is 28.3 Å². The number of ether oxygens (including phenoxy) is 2. The van der Waals surface area contributed by atoms with Gasteiger partial charge in [0.1, 0.15) is 14.0 Å². The van der Waals surface area contributed by atoms with E-state index in [1.807, 2.05) is 0 Å². The Balaban J connectivity index is 2.40. The van der Waals surface area contributed by atoms with Gasteiger partial charge in [0.15, 0.2) is 0 Å². The van der Waals surface area contributed by atoms with E-state index >= 15 is 0 Å². The van der Waals surface area contributed by atoms with Crippen LogP contribution < -0.4 is 4.89 Å². The molecule has 1 aliphatic heterocycles. The van der Waals surface area contributed by atoms with Crippen molar-refractivity contribution in [2.75, 3.05) is 13.7 Å². The zero-order valence-corrected chi connectivity index (χ0v) is 8.55. The number of hydrogen-bond acceptors (Lipinski definition) is 5. The van der Waals surface area contributed by atoms with E-state index in [2.05, 4.69) is 4.52 Å². The molecule has 8 heteroatoms. The van der Waals surface area contributed by atoms with Gasteiger partial charge < -0.3 is 23.8 Å². The Kier molecular flexibility index (Phi) is 4.12. The number of methoxy groups -OCH3 is 1. The second kappa shape index (κ2) is 4.74. The molecular formula is C6H11BO6P-. The third-order valence-corrected chi connectivity index (χ3v) is 2.41. The van der Waals surface area contributed by atoms with E-state index in [0.717, 1.165) is 0 Å². The lowest BCUT2D eigenvalue weighted by atomic mass is 9.96. The van der Waals surface area contributed by atoms with Crippen molar-refractivity contribution in [3.63, 3.8) is 0 Å². The molecule has 4 atom stereocenters. The summed E-state index contributed by atoms with van der Waals surface area (Å²) in [5.41, 5.74) is 0. The molecule has 0 aromatic heterocycles. The van der Waals surface area contributed by atoms with Crippen LogP contribution in [0.2, 0.25) is 0 Å². The first-order valence-electron chi connectivity index (χ1n) is 4.04. The quantitative estimate of drug-likeness (QED) is 0.471. The molecule has 80 valence electrons. The van der Waals surface area contributed by atoms with Gasteiger partial charge in [-0.1, -0.05) is 0 Å². The zero-order chi connectivity index (χ0) is 10.8. The summed E-state index contributed by atoms with van der Waals surface area (Å²) in [7, 11) is 2.23. The van der Waals surface area contributed by atoms with Crippen molar-refractivity contribution in [1.82, 2.24) is 0 Å². The van der Waals surface area contributed by atoms with E-state index in [9.17, 15) is 9.46 Å². The summed E-state index contributed by atoms with van der Waals surface area (Å²) in [4.78, 5) is 18.7. The van der Waals surface area contributed by atoms with Crippen LogP contribution in [0.5, 0.6) is 0 Å². The maximum absolute atomic E-state index is 10.3. The molecule has 0 aliphatic carbocycles. The standard InChI is InChI=1S/C6H12BO6P/c1-11-4-2-6(7)13-5(4)3-12-14(8,9)10/h4-6H,2-3H2,1H3,(H2,8,9,10)/p-1/t4-,5-,6-/m1/s1. The van der Waals surface area contributed by atoms with Crippen molar-refractivity contribution in [2.24, 2.45) is 0 Å². The van der Waals surface area contributed by atoms with Crippen LogP contribution in [0.3, 0.4) is 0 Å². The maximum atomic E-state index is 10.3. The fourth-order valence-corrected chi connectivity index (χ4v) is 1.65. The predicted molar refractivity (Wildman–Crippen MR) is 45.6 cm³/mol. The van der Waals surface area contributed by atoms with Gasteiger partial charge in [0.05, 0.1) is 12.7 Å². The fourth-order valence-electron chi connectivity index (χ4n) is 1.31. The number of hydrogen-bond donors (Lipinski definition) is 1. The minimum absolute atomic E-state index is 0.288. The van der Waals surface area contributed by atoms with E-state index in [0.29, 0.717) is 6.42 Å². The largest absolute Gasteiger partial charge is 0.756 e. The molecule has 1 N–H and O–H groups in total. The predicted octanol–water partition coefficient (Wildman–Crippen LogP) is -1.24. The van der Waals surface area contributed by atoms with Gasteiger partial charge in [0, 0.05) is 13.1 Å². The Hall–Kier alpha value is 0.0949. The van der Waals surface area contributed by atoms with E-state index in [4.69, 9.17) is 22.2 Å². The Morgan fingerprint density at radius 1 is 1.79 bits per heavy atom. The van der Waals surface area contributed by atoms with E-state index < -0.39 is 19.9 Å². The van der Waals surface area contributed by atoms with Gasteiger partial charge in [-0.3, -0.25) is 4.57 Å². The Bertz CT molecular complexity index is 230. The summed E-state index contributed by atoms with van der Waals surface area (Å²) in [6.07, 6.45) is -0.403. The smallest absolute Gasteiger partial charge is 0.265 e. The van der Waals surface area contributed by atoms with Crippen LogP contribution in [0.1, 0.15) is 6.42 Å². The summed E-state index contributed by atoms with van der Waals surface area (Å²) >= 11 is 0. The van der Waals surface area contributed by atoms with E-state index in [1.54, 1.807) is 0 Å². The first-order chi connectivity index (χ1) is 6.42. The van der Waals surface area contributed by atoms with Gasteiger partial charge in [-0.25, -0.2) is 0 Å².